The summed E-state index contributed by atoms with van der Waals surface area (Å²) >= 11 is 5.60. The Balaban J connectivity index is 1.24. The fourth-order valence-electron chi connectivity index (χ4n) is 4.60. The highest BCUT2D eigenvalue weighted by Crippen LogP contribution is 2.67. The van der Waals surface area contributed by atoms with Crippen LogP contribution >= 0.6 is 11.6 Å². The van der Waals surface area contributed by atoms with E-state index in [9.17, 15) is 27.2 Å². The smallest absolute Gasteiger partial charge is 0.273 e. The Bertz CT molecular complexity index is 1100. The molecule has 0 unspecified atom stereocenters. The molecule has 3 fully saturated rings. The summed E-state index contributed by atoms with van der Waals surface area (Å²) in [5, 5.41) is 5.52. The van der Waals surface area contributed by atoms with Gasteiger partial charge in [-0.05, 0) is 49.1 Å². The van der Waals surface area contributed by atoms with Gasteiger partial charge in [0.1, 0.15) is 17.4 Å². The molecule has 5 rings (SSSR count). The number of hydrogen-bond acceptors (Lipinski definition) is 3. The molecule has 33 heavy (non-hydrogen) atoms. The Morgan fingerprint density at radius 1 is 1.09 bits per heavy atom. The van der Waals surface area contributed by atoms with Crippen LogP contribution in [0.15, 0.2) is 36.4 Å². The molecule has 0 heterocycles. The lowest BCUT2D eigenvalue weighted by Gasteiger charge is -2.69. The van der Waals surface area contributed by atoms with Crippen LogP contribution in [0, 0.1) is 17.0 Å². The molecule has 2 N–H and O–H groups in total. The van der Waals surface area contributed by atoms with Crippen LogP contribution in [0.1, 0.15) is 37.3 Å². The van der Waals surface area contributed by atoms with Crippen LogP contribution in [-0.4, -0.2) is 24.0 Å². The van der Waals surface area contributed by atoms with Gasteiger partial charge in [0.2, 0.25) is 5.91 Å². The normalized spacial score (nSPS) is 23.2. The molecule has 3 aliphatic carbocycles. The molecular weight excluding hydrogens is 464 g/mol. The summed E-state index contributed by atoms with van der Waals surface area (Å²) in [6, 6.07) is 7.22. The quantitative estimate of drug-likeness (QED) is 0.543. The molecule has 0 aromatic heterocycles. The molecule has 0 spiro atoms. The van der Waals surface area contributed by atoms with E-state index in [0.717, 1.165) is 18.2 Å². The molecule has 2 amide bonds. The van der Waals surface area contributed by atoms with Gasteiger partial charge in [0, 0.05) is 25.1 Å². The zero-order chi connectivity index (χ0) is 24.0. The highest BCUT2D eigenvalue weighted by Gasteiger charge is 2.72. The molecule has 0 saturated heterocycles. The largest absolute Gasteiger partial charge is 0.484 e. The van der Waals surface area contributed by atoms with Crippen LogP contribution in [0.4, 0.5) is 17.6 Å². The van der Waals surface area contributed by atoms with Gasteiger partial charge in [0.15, 0.2) is 6.61 Å². The third-order valence-corrected chi connectivity index (χ3v) is 6.44. The number of alkyl halides is 2. The van der Waals surface area contributed by atoms with Crippen molar-refractivity contribution in [3.63, 3.8) is 0 Å². The number of carbonyl (C=O) groups is 2. The van der Waals surface area contributed by atoms with Gasteiger partial charge in [-0.2, -0.15) is 0 Å². The highest BCUT2D eigenvalue weighted by atomic mass is 35.5. The predicted octanol–water partition coefficient (Wildman–Crippen LogP) is 4.46. The number of benzene rings is 2. The Morgan fingerprint density at radius 2 is 1.79 bits per heavy atom. The Kier molecular flexibility index (Phi) is 5.80. The van der Waals surface area contributed by atoms with E-state index in [1.54, 1.807) is 0 Å². The SMILES string of the molecule is CC(F)(F)c1cc(CNC(=O)C23CC(NC(=O)COc4ccc(Cl)c(F)c4)(C2)C3)ccc1F. The van der Waals surface area contributed by atoms with E-state index < -0.39 is 40.0 Å². The van der Waals surface area contributed by atoms with Crippen LogP contribution < -0.4 is 15.4 Å². The number of carbonyl (C=O) groups excluding carboxylic acids is 2. The Labute approximate surface area is 192 Å². The van der Waals surface area contributed by atoms with Gasteiger partial charge in [0.05, 0.1) is 16.0 Å². The summed E-state index contributed by atoms with van der Waals surface area (Å²) in [7, 11) is 0. The second-order valence-electron chi connectivity index (χ2n) is 8.89. The van der Waals surface area contributed by atoms with Crippen molar-refractivity contribution < 1.29 is 31.9 Å². The number of nitrogens with one attached hydrogen (secondary N) is 2. The number of hydrogen-bond donors (Lipinski definition) is 2. The molecule has 0 atom stereocenters. The minimum atomic E-state index is -3.33. The molecule has 10 heteroatoms. The molecule has 0 radical (unpaired) electrons. The minimum Gasteiger partial charge on any atom is -0.484 e. The summed E-state index contributed by atoms with van der Waals surface area (Å²) in [6.07, 6.45) is 1.36. The first-order chi connectivity index (χ1) is 15.4. The van der Waals surface area contributed by atoms with E-state index in [2.05, 4.69) is 10.6 Å². The van der Waals surface area contributed by atoms with Crippen molar-refractivity contribution in [2.45, 2.75) is 44.2 Å². The van der Waals surface area contributed by atoms with E-state index in [-0.39, 0.29) is 29.8 Å². The summed E-state index contributed by atoms with van der Waals surface area (Å²) in [4.78, 5) is 24.8. The lowest BCUT2D eigenvalue weighted by atomic mass is 9.39. The van der Waals surface area contributed by atoms with Crippen LogP contribution in [0.2, 0.25) is 5.02 Å². The van der Waals surface area contributed by atoms with Gasteiger partial charge >= 0.3 is 0 Å². The second-order valence-corrected chi connectivity index (χ2v) is 9.30. The van der Waals surface area contributed by atoms with E-state index in [0.29, 0.717) is 31.7 Å². The summed E-state index contributed by atoms with van der Waals surface area (Å²) in [6.45, 7) is 0.300. The number of amides is 2. The lowest BCUT2D eigenvalue weighted by Crippen LogP contribution is -2.78. The lowest BCUT2D eigenvalue weighted by molar-refractivity contribution is -0.184. The Hall–Kier alpha value is -2.81. The number of ether oxygens (including phenoxy) is 1. The van der Waals surface area contributed by atoms with Crippen LogP contribution in [0.5, 0.6) is 5.75 Å². The van der Waals surface area contributed by atoms with Crippen molar-refractivity contribution in [3.8, 4) is 5.75 Å². The van der Waals surface area contributed by atoms with Crippen molar-refractivity contribution in [2.24, 2.45) is 5.41 Å². The van der Waals surface area contributed by atoms with E-state index in [1.807, 2.05) is 0 Å². The molecule has 176 valence electrons. The number of halogens is 5. The minimum absolute atomic E-state index is 0.00516. The van der Waals surface area contributed by atoms with Gasteiger partial charge in [-0.15, -0.1) is 0 Å². The summed E-state index contributed by atoms with van der Waals surface area (Å²) in [5.74, 6) is -5.43. The standard InChI is InChI=1S/C23H21ClF4N2O3/c1-21(27,28)15-6-13(2-5-17(15)25)8-29-20(32)22-10-23(11-22,12-22)30-19(31)9-33-14-3-4-16(24)18(26)7-14/h2-7H,8-12H2,1H3,(H,29,32)(H,30,31). The first-order valence-electron chi connectivity index (χ1n) is 10.3. The maximum Gasteiger partial charge on any atom is 0.273 e. The van der Waals surface area contributed by atoms with Gasteiger partial charge in [0.25, 0.3) is 11.8 Å². The van der Waals surface area contributed by atoms with Crippen LogP contribution in [-0.2, 0) is 22.1 Å². The molecule has 3 aliphatic rings. The molecule has 3 saturated carbocycles. The van der Waals surface area contributed by atoms with Crippen LogP contribution in [0.3, 0.4) is 0 Å². The van der Waals surface area contributed by atoms with Gasteiger partial charge in [-0.1, -0.05) is 17.7 Å². The van der Waals surface area contributed by atoms with E-state index in [1.165, 1.54) is 18.2 Å². The molecule has 5 nitrogen and oxygen atoms in total. The Morgan fingerprint density at radius 3 is 2.42 bits per heavy atom. The maximum absolute atomic E-state index is 13.6. The second kappa shape index (κ2) is 8.20. The van der Waals surface area contributed by atoms with Crippen LogP contribution in [0.25, 0.3) is 0 Å². The highest BCUT2D eigenvalue weighted by molar-refractivity contribution is 6.30. The van der Waals surface area contributed by atoms with E-state index in [4.69, 9.17) is 16.3 Å². The zero-order valence-corrected chi connectivity index (χ0v) is 18.4. The van der Waals surface area contributed by atoms with Crippen molar-refractivity contribution in [3.05, 3.63) is 64.2 Å². The summed E-state index contributed by atoms with van der Waals surface area (Å²) in [5.41, 5.74) is -1.43. The first kappa shape index (κ1) is 23.4. The molecule has 0 aliphatic heterocycles. The molecule has 2 aromatic rings. The maximum atomic E-state index is 13.6. The topological polar surface area (TPSA) is 67.4 Å². The number of rotatable bonds is 8. The zero-order valence-electron chi connectivity index (χ0n) is 17.6. The van der Waals surface area contributed by atoms with Gasteiger partial charge in [-0.25, -0.2) is 17.6 Å². The third kappa shape index (κ3) is 4.64. The molecule has 2 bridgehead atoms. The molecule has 2 aromatic carbocycles. The average molecular weight is 485 g/mol. The van der Waals surface area contributed by atoms with Crippen molar-refractivity contribution in [1.82, 2.24) is 10.6 Å². The van der Waals surface area contributed by atoms with Crippen molar-refractivity contribution in [2.75, 3.05) is 6.61 Å². The fraction of sp³-hybridized carbons (Fsp3) is 0.391. The van der Waals surface area contributed by atoms with Crippen molar-refractivity contribution >= 4 is 23.4 Å². The monoisotopic (exact) mass is 484 g/mol. The summed E-state index contributed by atoms with van der Waals surface area (Å²) < 4.78 is 59.3. The predicted molar refractivity (Wildman–Crippen MR) is 112 cm³/mol. The molecular formula is C23H21ClF4N2O3. The van der Waals surface area contributed by atoms with E-state index >= 15 is 0 Å². The first-order valence-corrected chi connectivity index (χ1v) is 10.6. The fourth-order valence-corrected chi connectivity index (χ4v) is 4.71. The van der Waals surface area contributed by atoms with Gasteiger partial charge in [-0.3, -0.25) is 9.59 Å². The van der Waals surface area contributed by atoms with Gasteiger partial charge < -0.3 is 15.4 Å². The van der Waals surface area contributed by atoms with Crippen molar-refractivity contribution in [1.29, 1.82) is 0 Å². The average Bonchev–Trinajstić information content (AvgIpc) is 2.68. The third-order valence-electron chi connectivity index (χ3n) is 6.13.